The molecule has 2 rings (SSSR count). The Morgan fingerprint density at radius 1 is 1.47 bits per heavy atom. The van der Waals surface area contributed by atoms with Crippen LogP contribution in [0.5, 0.6) is 0 Å². The molecule has 0 amide bonds. The fourth-order valence-electron chi connectivity index (χ4n) is 2.14. The van der Waals surface area contributed by atoms with Crippen LogP contribution in [0.15, 0.2) is 29.2 Å². The molecular weight excluding hydrogens is 266 g/mol. The standard InChI is InChI=1S/C12H19N3O3S/c1-14-19(16,17)12-5-3-2-4-11(12)15-6-7-18-10(8-13)9-15/h2-5,10,14H,6-9,13H2,1H3. The van der Waals surface area contributed by atoms with Gasteiger partial charge in [-0.25, -0.2) is 13.1 Å². The zero-order chi connectivity index (χ0) is 13.9. The molecule has 1 unspecified atom stereocenters. The highest BCUT2D eigenvalue weighted by atomic mass is 32.2. The van der Waals surface area contributed by atoms with Crippen molar-refractivity contribution in [1.82, 2.24) is 4.72 Å². The van der Waals surface area contributed by atoms with Gasteiger partial charge in [0.1, 0.15) is 4.90 Å². The topological polar surface area (TPSA) is 84.7 Å². The normalized spacial score (nSPS) is 20.5. The van der Waals surface area contributed by atoms with Crippen LogP contribution in [0.4, 0.5) is 5.69 Å². The maximum absolute atomic E-state index is 12.0. The summed E-state index contributed by atoms with van der Waals surface area (Å²) in [6, 6.07) is 6.96. The number of para-hydroxylation sites is 1. The largest absolute Gasteiger partial charge is 0.373 e. The molecule has 0 radical (unpaired) electrons. The van der Waals surface area contributed by atoms with Crippen molar-refractivity contribution < 1.29 is 13.2 Å². The highest BCUT2D eigenvalue weighted by molar-refractivity contribution is 7.89. The van der Waals surface area contributed by atoms with Gasteiger partial charge < -0.3 is 15.4 Å². The van der Waals surface area contributed by atoms with Gasteiger partial charge >= 0.3 is 0 Å². The lowest BCUT2D eigenvalue weighted by atomic mass is 10.2. The van der Waals surface area contributed by atoms with Crippen LogP contribution in [0, 0.1) is 0 Å². The van der Waals surface area contributed by atoms with E-state index in [1.807, 2.05) is 17.0 Å². The van der Waals surface area contributed by atoms with Crippen molar-refractivity contribution in [1.29, 1.82) is 0 Å². The monoisotopic (exact) mass is 285 g/mol. The number of benzene rings is 1. The summed E-state index contributed by atoms with van der Waals surface area (Å²) in [6.07, 6.45) is -0.0564. The molecule has 0 bridgehead atoms. The first-order chi connectivity index (χ1) is 9.08. The van der Waals surface area contributed by atoms with Gasteiger partial charge in [-0.2, -0.15) is 0 Å². The predicted octanol–water partition coefficient (Wildman–Crippen LogP) is -0.241. The fraction of sp³-hybridized carbons (Fsp3) is 0.500. The third-order valence-corrected chi connectivity index (χ3v) is 4.63. The van der Waals surface area contributed by atoms with E-state index in [1.54, 1.807) is 12.1 Å². The number of nitrogens with one attached hydrogen (secondary N) is 1. The molecule has 1 aromatic rings. The number of anilines is 1. The van der Waals surface area contributed by atoms with Gasteiger partial charge in [-0.3, -0.25) is 0 Å². The van der Waals surface area contributed by atoms with Crippen molar-refractivity contribution in [2.45, 2.75) is 11.0 Å². The maximum Gasteiger partial charge on any atom is 0.242 e. The second-order valence-electron chi connectivity index (χ2n) is 4.35. The molecule has 19 heavy (non-hydrogen) atoms. The Balaban J connectivity index is 2.35. The molecule has 6 nitrogen and oxygen atoms in total. The lowest BCUT2D eigenvalue weighted by molar-refractivity contribution is 0.0464. The van der Waals surface area contributed by atoms with Crippen molar-refractivity contribution in [2.75, 3.05) is 38.2 Å². The van der Waals surface area contributed by atoms with Gasteiger partial charge in [-0.05, 0) is 19.2 Å². The van der Waals surface area contributed by atoms with Crippen molar-refractivity contribution >= 4 is 15.7 Å². The summed E-state index contributed by atoms with van der Waals surface area (Å²) in [6.45, 7) is 2.24. The molecule has 1 heterocycles. The lowest BCUT2D eigenvalue weighted by Gasteiger charge is -2.34. The number of morpholine rings is 1. The quantitative estimate of drug-likeness (QED) is 0.797. The second kappa shape index (κ2) is 5.87. The van der Waals surface area contributed by atoms with E-state index in [1.165, 1.54) is 7.05 Å². The molecule has 1 aliphatic heterocycles. The number of sulfonamides is 1. The summed E-state index contributed by atoms with van der Waals surface area (Å²) in [5, 5.41) is 0. The molecule has 1 atom stereocenters. The van der Waals surface area contributed by atoms with Crippen LogP contribution in [0.1, 0.15) is 0 Å². The van der Waals surface area contributed by atoms with Crippen LogP contribution < -0.4 is 15.4 Å². The van der Waals surface area contributed by atoms with E-state index in [2.05, 4.69) is 4.72 Å². The minimum atomic E-state index is -3.47. The van der Waals surface area contributed by atoms with E-state index in [9.17, 15) is 8.42 Å². The molecule has 0 aromatic heterocycles. The fourth-order valence-corrected chi connectivity index (χ4v) is 3.09. The Bertz CT molecular complexity index is 533. The smallest absolute Gasteiger partial charge is 0.242 e. The molecule has 1 saturated heterocycles. The Labute approximate surface area is 113 Å². The average molecular weight is 285 g/mol. The maximum atomic E-state index is 12.0. The van der Waals surface area contributed by atoms with Crippen LogP contribution in [0.2, 0.25) is 0 Å². The summed E-state index contributed by atoms with van der Waals surface area (Å²) >= 11 is 0. The number of hydrogen-bond donors (Lipinski definition) is 2. The summed E-state index contributed by atoms with van der Waals surface area (Å²) in [4.78, 5) is 2.29. The first kappa shape index (κ1) is 14.3. The summed E-state index contributed by atoms with van der Waals surface area (Å²) in [5.41, 5.74) is 6.30. The predicted molar refractivity (Wildman–Crippen MR) is 73.7 cm³/mol. The zero-order valence-electron chi connectivity index (χ0n) is 10.9. The molecule has 1 aromatic carbocycles. The molecule has 1 aliphatic rings. The highest BCUT2D eigenvalue weighted by Crippen LogP contribution is 2.26. The molecule has 7 heteroatoms. The minimum Gasteiger partial charge on any atom is -0.373 e. The molecule has 1 fully saturated rings. The van der Waals surface area contributed by atoms with Crippen molar-refractivity contribution in [2.24, 2.45) is 5.73 Å². The summed E-state index contributed by atoms with van der Waals surface area (Å²) in [5.74, 6) is 0. The van der Waals surface area contributed by atoms with Crippen LogP contribution >= 0.6 is 0 Å². The molecule has 0 aliphatic carbocycles. The zero-order valence-corrected chi connectivity index (χ0v) is 11.7. The Kier molecular flexibility index (Phi) is 4.41. The number of hydrogen-bond acceptors (Lipinski definition) is 5. The van der Waals surface area contributed by atoms with E-state index in [4.69, 9.17) is 10.5 Å². The van der Waals surface area contributed by atoms with Gasteiger partial charge in [0, 0.05) is 19.6 Å². The average Bonchev–Trinajstić information content (AvgIpc) is 2.47. The first-order valence-corrected chi connectivity index (χ1v) is 7.66. The van der Waals surface area contributed by atoms with Gasteiger partial charge in [0.15, 0.2) is 0 Å². The molecule has 3 N–H and O–H groups in total. The van der Waals surface area contributed by atoms with Gasteiger partial charge in [-0.1, -0.05) is 12.1 Å². The van der Waals surface area contributed by atoms with E-state index in [-0.39, 0.29) is 11.0 Å². The van der Waals surface area contributed by atoms with E-state index >= 15 is 0 Å². The summed E-state index contributed by atoms with van der Waals surface area (Å²) < 4.78 is 31.9. The Hall–Kier alpha value is -1.15. The number of ether oxygens (including phenoxy) is 1. The van der Waals surface area contributed by atoms with Gasteiger partial charge in [0.2, 0.25) is 10.0 Å². The third-order valence-electron chi connectivity index (χ3n) is 3.17. The third kappa shape index (κ3) is 3.06. The van der Waals surface area contributed by atoms with E-state index < -0.39 is 10.0 Å². The molecule has 0 saturated carbocycles. The number of nitrogens with two attached hydrogens (primary N) is 1. The lowest BCUT2D eigenvalue weighted by Crippen LogP contribution is -2.46. The molecule has 106 valence electrons. The first-order valence-electron chi connectivity index (χ1n) is 6.17. The van der Waals surface area contributed by atoms with Crippen LogP contribution in [0.25, 0.3) is 0 Å². The Morgan fingerprint density at radius 2 is 2.21 bits per heavy atom. The van der Waals surface area contributed by atoms with Crippen LogP contribution in [0.3, 0.4) is 0 Å². The molecular formula is C12H19N3O3S. The van der Waals surface area contributed by atoms with Gasteiger partial charge in [-0.15, -0.1) is 0 Å². The summed E-state index contributed by atoms with van der Waals surface area (Å²) in [7, 11) is -2.06. The highest BCUT2D eigenvalue weighted by Gasteiger charge is 2.24. The van der Waals surface area contributed by atoms with Crippen LogP contribution in [-0.4, -0.2) is 47.8 Å². The Morgan fingerprint density at radius 3 is 2.89 bits per heavy atom. The van der Waals surface area contributed by atoms with E-state index in [0.29, 0.717) is 31.9 Å². The minimum absolute atomic E-state index is 0.0564. The van der Waals surface area contributed by atoms with Gasteiger partial charge in [0.05, 0.1) is 18.4 Å². The van der Waals surface area contributed by atoms with Gasteiger partial charge in [0.25, 0.3) is 0 Å². The van der Waals surface area contributed by atoms with E-state index in [0.717, 1.165) is 0 Å². The van der Waals surface area contributed by atoms with Crippen molar-refractivity contribution in [3.63, 3.8) is 0 Å². The molecule has 0 spiro atoms. The SMILES string of the molecule is CNS(=O)(=O)c1ccccc1N1CCOC(CN)C1. The van der Waals surface area contributed by atoms with Crippen molar-refractivity contribution in [3.8, 4) is 0 Å². The number of rotatable bonds is 4. The second-order valence-corrected chi connectivity index (χ2v) is 6.20. The van der Waals surface area contributed by atoms with Crippen molar-refractivity contribution in [3.05, 3.63) is 24.3 Å². The number of nitrogens with zero attached hydrogens (tertiary/aromatic N) is 1. The van der Waals surface area contributed by atoms with Crippen LogP contribution in [-0.2, 0) is 14.8 Å².